The molecular formula is C11H14BrNOS. The molecule has 2 rings (SSSR count). The Morgan fingerprint density at radius 1 is 1.47 bits per heavy atom. The largest absolute Gasteiger partial charge is 0.351 e. The highest BCUT2D eigenvalue weighted by atomic mass is 79.9. The first-order chi connectivity index (χ1) is 7.31. The van der Waals surface area contributed by atoms with Crippen molar-refractivity contribution >= 4 is 33.2 Å². The van der Waals surface area contributed by atoms with Crippen LogP contribution < -0.4 is 5.32 Å². The van der Waals surface area contributed by atoms with Crippen molar-refractivity contribution in [3.05, 3.63) is 21.4 Å². The van der Waals surface area contributed by atoms with Crippen molar-refractivity contribution in [1.82, 2.24) is 5.32 Å². The van der Waals surface area contributed by atoms with E-state index in [2.05, 4.69) is 26.6 Å². The van der Waals surface area contributed by atoms with Gasteiger partial charge < -0.3 is 5.32 Å². The minimum absolute atomic E-state index is 0.0609. The van der Waals surface area contributed by atoms with Crippen LogP contribution in [0.2, 0.25) is 0 Å². The van der Waals surface area contributed by atoms with Gasteiger partial charge in [-0.05, 0) is 42.2 Å². The van der Waals surface area contributed by atoms with Crippen LogP contribution in [-0.2, 0) is 24.2 Å². The lowest BCUT2D eigenvalue weighted by molar-refractivity contribution is -0.118. The monoisotopic (exact) mass is 287 g/mol. The second-order valence-electron chi connectivity index (χ2n) is 3.78. The predicted octanol–water partition coefficient (Wildman–Crippen LogP) is 2.64. The molecule has 1 N–H and O–H groups in total. The highest BCUT2D eigenvalue weighted by Gasteiger charge is 2.15. The molecule has 0 saturated carbocycles. The highest BCUT2D eigenvalue weighted by molar-refractivity contribution is 9.09. The Hall–Kier alpha value is -0.350. The molecule has 15 heavy (non-hydrogen) atoms. The number of alkyl halides is 1. The number of fused-ring (bicyclic) bond motifs is 1. The fourth-order valence-electron chi connectivity index (χ4n) is 1.95. The Bertz CT molecular complexity index is 361. The van der Waals surface area contributed by atoms with Crippen LogP contribution in [0.15, 0.2) is 5.38 Å². The molecule has 82 valence electrons. The van der Waals surface area contributed by atoms with Crippen LogP contribution in [0.1, 0.15) is 28.8 Å². The van der Waals surface area contributed by atoms with Crippen LogP contribution in [0.5, 0.6) is 0 Å². The SMILES string of the molecule is O=C(CBr)NCc1csc2c1CCCC2. The van der Waals surface area contributed by atoms with Crippen LogP contribution in [0.25, 0.3) is 0 Å². The number of carbonyl (C=O) groups excluding carboxylic acids is 1. The summed E-state index contributed by atoms with van der Waals surface area (Å²) in [5.41, 5.74) is 2.82. The maximum Gasteiger partial charge on any atom is 0.230 e. The average molecular weight is 288 g/mol. The summed E-state index contributed by atoms with van der Waals surface area (Å²) in [6.45, 7) is 0.691. The minimum atomic E-state index is 0.0609. The van der Waals surface area contributed by atoms with Gasteiger partial charge in [-0.3, -0.25) is 4.79 Å². The molecule has 1 aromatic heterocycles. The van der Waals surface area contributed by atoms with Crippen molar-refractivity contribution in [2.45, 2.75) is 32.2 Å². The van der Waals surface area contributed by atoms with Crippen LogP contribution in [-0.4, -0.2) is 11.2 Å². The van der Waals surface area contributed by atoms with Gasteiger partial charge in [0, 0.05) is 11.4 Å². The van der Waals surface area contributed by atoms with E-state index in [1.165, 1.54) is 41.7 Å². The second kappa shape index (κ2) is 5.12. The van der Waals surface area contributed by atoms with Gasteiger partial charge in [0.25, 0.3) is 0 Å². The molecule has 1 aromatic rings. The molecule has 1 aliphatic rings. The topological polar surface area (TPSA) is 29.1 Å². The predicted molar refractivity (Wildman–Crippen MR) is 66.6 cm³/mol. The molecule has 2 nitrogen and oxygen atoms in total. The van der Waals surface area contributed by atoms with E-state index in [-0.39, 0.29) is 5.91 Å². The maximum absolute atomic E-state index is 11.1. The third-order valence-electron chi connectivity index (χ3n) is 2.75. The molecule has 0 radical (unpaired) electrons. The Labute approximate surface area is 102 Å². The Morgan fingerprint density at radius 2 is 2.27 bits per heavy atom. The third kappa shape index (κ3) is 2.61. The lowest BCUT2D eigenvalue weighted by Gasteiger charge is -2.12. The first kappa shape index (κ1) is 11.1. The van der Waals surface area contributed by atoms with Gasteiger partial charge in [0.15, 0.2) is 0 Å². The summed E-state index contributed by atoms with van der Waals surface area (Å²) in [5.74, 6) is 0.0609. The molecule has 0 unspecified atom stereocenters. The summed E-state index contributed by atoms with van der Waals surface area (Å²) < 4.78 is 0. The molecular weight excluding hydrogens is 274 g/mol. The van der Waals surface area contributed by atoms with E-state index in [0.29, 0.717) is 11.9 Å². The maximum atomic E-state index is 11.1. The summed E-state index contributed by atoms with van der Waals surface area (Å²) in [4.78, 5) is 12.7. The van der Waals surface area contributed by atoms with E-state index in [9.17, 15) is 4.79 Å². The van der Waals surface area contributed by atoms with Crippen molar-refractivity contribution in [1.29, 1.82) is 0 Å². The van der Waals surface area contributed by atoms with E-state index in [0.717, 1.165) is 0 Å². The van der Waals surface area contributed by atoms with Crippen molar-refractivity contribution in [3.8, 4) is 0 Å². The molecule has 1 amide bonds. The smallest absolute Gasteiger partial charge is 0.230 e. The molecule has 0 bridgehead atoms. The van der Waals surface area contributed by atoms with Gasteiger partial charge in [-0.25, -0.2) is 0 Å². The highest BCUT2D eigenvalue weighted by Crippen LogP contribution is 2.29. The number of amides is 1. The van der Waals surface area contributed by atoms with Crippen molar-refractivity contribution in [3.63, 3.8) is 0 Å². The molecule has 1 heterocycles. The van der Waals surface area contributed by atoms with Gasteiger partial charge in [-0.15, -0.1) is 11.3 Å². The molecule has 0 spiro atoms. The summed E-state index contributed by atoms with van der Waals surface area (Å²) in [7, 11) is 0. The fraction of sp³-hybridized carbons (Fsp3) is 0.545. The van der Waals surface area contributed by atoms with Gasteiger partial charge in [0.2, 0.25) is 5.91 Å². The van der Waals surface area contributed by atoms with Crippen LogP contribution in [0.4, 0.5) is 0 Å². The number of carbonyl (C=O) groups is 1. The van der Waals surface area contributed by atoms with Crippen molar-refractivity contribution in [2.24, 2.45) is 0 Å². The minimum Gasteiger partial charge on any atom is -0.351 e. The lowest BCUT2D eigenvalue weighted by Crippen LogP contribution is -2.24. The molecule has 0 saturated heterocycles. The van der Waals surface area contributed by atoms with Crippen LogP contribution >= 0.6 is 27.3 Å². The Balaban J connectivity index is 2.02. The zero-order valence-electron chi connectivity index (χ0n) is 8.51. The fourth-order valence-corrected chi connectivity index (χ4v) is 3.30. The third-order valence-corrected chi connectivity index (χ3v) is 4.39. The van der Waals surface area contributed by atoms with E-state index in [1.54, 1.807) is 0 Å². The molecule has 1 aliphatic carbocycles. The molecule has 0 atom stereocenters. The van der Waals surface area contributed by atoms with Crippen LogP contribution in [0, 0.1) is 0 Å². The van der Waals surface area contributed by atoms with Crippen LogP contribution in [0.3, 0.4) is 0 Å². The van der Waals surface area contributed by atoms with Gasteiger partial charge >= 0.3 is 0 Å². The number of aryl methyl sites for hydroxylation is 1. The van der Waals surface area contributed by atoms with Gasteiger partial charge in [0.05, 0.1) is 5.33 Å². The number of rotatable bonds is 3. The normalized spacial score (nSPS) is 14.7. The van der Waals surface area contributed by atoms with E-state index in [1.807, 2.05) is 11.3 Å². The number of halogens is 1. The van der Waals surface area contributed by atoms with E-state index in [4.69, 9.17) is 0 Å². The zero-order valence-corrected chi connectivity index (χ0v) is 10.9. The first-order valence-electron chi connectivity index (χ1n) is 5.22. The molecule has 0 fully saturated rings. The summed E-state index contributed by atoms with van der Waals surface area (Å²) in [5, 5.41) is 5.49. The Kier molecular flexibility index (Phi) is 3.81. The molecule has 0 aliphatic heterocycles. The Morgan fingerprint density at radius 3 is 3.07 bits per heavy atom. The van der Waals surface area contributed by atoms with E-state index >= 15 is 0 Å². The number of nitrogens with one attached hydrogen (secondary N) is 1. The average Bonchev–Trinajstić information content (AvgIpc) is 2.69. The van der Waals surface area contributed by atoms with Gasteiger partial charge in [0.1, 0.15) is 0 Å². The standard InChI is InChI=1S/C11H14BrNOS/c12-5-11(14)13-6-8-7-15-10-4-2-1-3-9(8)10/h7H,1-6H2,(H,13,14). The van der Waals surface area contributed by atoms with Crippen molar-refractivity contribution < 1.29 is 4.79 Å². The number of hydrogen-bond acceptors (Lipinski definition) is 2. The van der Waals surface area contributed by atoms with Gasteiger partial charge in [-0.1, -0.05) is 15.9 Å². The number of thiophene rings is 1. The second-order valence-corrected chi connectivity index (χ2v) is 5.31. The molecule has 0 aromatic carbocycles. The zero-order chi connectivity index (χ0) is 10.7. The number of hydrogen-bond donors (Lipinski definition) is 1. The van der Waals surface area contributed by atoms with E-state index < -0.39 is 0 Å². The first-order valence-corrected chi connectivity index (χ1v) is 7.22. The summed E-state index contributed by atoms with van der Waals surface area (Å²) in [6, 6.07) is 0. The van der Waals surface area contributed by atoms with Crippen molar-refractivity contribution in [2.75, 3.05) is 5.33 Å². The summed E-state index contributed by atoms with van der Waals surface area (Å²) in [6.07, 6.45) is 5.04. The summed E-state index contributed by atoms with van der Waals surface area (Å²) >= 11 is 4.99. The quantitative estimate of drug-likeness (QED) is 0.851. The lowest BCUT2D eigenvalue weighted by atomic mass is 9.96. The van der Waals surface area contributed by atoms with Gasteiger partial charge in [-0.2, -0.15) is 0 Å². The molecule has 4 heteroatoms.